The fourth-order valence-corrected chi connectivity index (χ4v) is 4.78. The Hall–Kier alpha value is -3.23. The van der Waals surface area contributed by atoms with E-state index in [0.717, 1.165) is 22.6 Å². The molecule has 0 spiro atoms. The molecule has 0 saturated carbocycles. The maximum atomic E-state index is 13.0. The van der Waals surface area contributed by atoms with Crippen molar-refractivity contribution in [2.75, 3.05) is 4.90 Å². The molecule has 0 unspecified atom stereocenters. The van der Waals surface area contributed by atoms with Crippen molar-refractivity contribution in [3.63, 3.8) is 0 Å². The first-order valence-corrected chi connectivity index (χ1v) is 10.4. The molecular formula is C22H17N3O3S2. The van der Waals surface area contributed by atoms with Crippen LogP contribution in [-0.2, 0) is 4.79 Å². The van der Waals surface area contributed by atoms with Crippen LogP contribution in [0.2, 0.25) is 0 Å². The van der Waals surface area contributed by atoms with Crippen LogP contribution in [0.15, 0.2) is 65.6 Å². The van der Waals surface area contributed by atoms with Gasteiger partial charge in [-0.15, -0.1) is 0 Å². The number of benzene rings is 2. The lowest BCUT2D eigenvalue weighted by molar-refractivity contribution is -0.384. The highest BCUT2D eigenvalue weighted by atomic mass is 32.2. The molecule has 150 valence electrons. The van der Waals surface area contributed by atoms with Gasteiger partial charge in [-0.2, -0.15) is 0 Å². The minimum atomic E-state index is -0.491. The number of nitrogens with zero attached hydrogens (tertiary/aromatic N) is 3. The smallest absolute Gasteiger partial charge is 0.271 e. The summed E-state index contributed by atoms with van der Waals surface area (Å²) in [5.74, 6) is -0.282. The molecule has 1 aliphatic heterocycles. The molecule has 2 heterocycles. The number of rotatable bonds is 4. The zero-order valence-electron chi connectivity index (χ0n) is 16.2. The van der Waals surface area contributed by atoms with Crippen LogP contribution in [0.1, 0.15) is 17.0 Å². The van der Waals surface area contributed by atoms with E-state index in [1.165, 1.54) is 28.8 Å². The molecule has 4 rings (SSSR count). The van der Waals surface area contributed by atoms with E-state index in [9.17, 15) is 14.9 Å². The summed E-state index contributed by atoms with van der Waals surface area (Å²) < 4.78 is 2.48. The van der Waals surface area contributed by atoms with Gasteiger partial charge in [-0.1, -0.05) is 48.2 Å². The van der Waals surface area contributed by atoms with Crippen LogP contribution < -0.4 is 4.90 Å². The lowest BCUT2D eigenvalue weighted by atomic mass is 10.2. The maximum Gasteiger partial charge on any atom is 0.271 e. The molecule has 0 aliphatic carbocycles. The number of hydrogen-bond acceptors (Lipinski definition) is 5. The number of nitro benzene ring substituents is 1. The van der Waals surface area contributed by atoms with Crippen LogP contribution in [0.3, 0.4) is 0 Å². The molecule has 0 N–H and O–H groups in total. The fraction of sp³-hybridized carbons (Fsp3) is 0.0909. The van der Waals surface area contributed by atoms with Crippen molar-refractivity contribution in [1.29, 1.82) is 0 Å². The Labute approximate surface area is 183 Å². The van der Waals surface area contributed by atoms with Crippen LogP contribution in [-0.4, -0.2) is 19.7 Å². The van der Waals surface area contributed by atoms with E-state index >= 15 is 0 Å². The van der Waals surface area contributed by atoms with Crippen LogP contribution in [0, 0.1) is 24.0 Å². The molecule has 1 amide bonds. The molecule has 1 aromatic heterocycles. The SMILES string of the molecule is Cc1cc(C=C2SC(=S)N(c3cccc([N+](=O)[O-])c3)C2=O)c(C)n1-c1ccccc1. The van der Waals surface area contributed by atoms with Crippen LogP contribution in [0.25, 0.3) is 11.8 Å². The third kappa shape index (κ3) is 3.55. The van der Waals surface area contributed by atoms with Gasteiger partial charge in [0.25, 0.3) is 11.6 Å². The van der Waals surface area contributed by atoms with E-state index < -0.39 is 4.92 Å². The van der Waals surface area contributed by atoms with Crippen molar-refractivity contribution in [2.24, 2.45) is 0 Å². The normalized spacial score (nSPS) is 15.3. The molecular weight excluding hydrogens is 418 g/mol. The topological polar surface area (TPSA) is 68.4 Å². The highest BCUT2D eigenvalue weighted by molar-refractivity contribution is 8.27. The van der Waals surface area contributed by atoms with E-state index in [1.807, 2.05) is 56.3 Å². The van der Waals surface area contributed by atoms with Gasteiger partial charge in [-0.05, 0) is 49.8 Å². The fourth-order valence-electron chi connectivity index (χ4n) is 3.49. The number of carbonyl (C=O) groups excluding carboxylic acids is 1. The second-order valence-electron chi connectivity index (χ2n) is 6.79. The number of hydrogen-bond donors (Lipinski definition) is 0. The number of amides is 1. The van der Waals surface area contributed by atoms with Gasteiger partial charge in [0.1, 0.15) is 0 Å². The Morgan fingerprint density at radius 3 is 2.43 bits per heavy atom. The van der Waals surface area contributed by atoms with Crippen molar-refractivity contribution in [3.8, 4) is 5.69 Å². The van der Waals surface area contributed by atoms with E-state index in [0.29, 0.717) is 14.9 Å². The second-order valence-corrected chi connectivity index (χ2v) is 8.47. The zero-order chi connectivity index (χ0) is 21.4. The van der Waals surface area contributed by atoms with Gasteiger partial charge in [0.05, 0.1) is 15.5 Å². The Kier molecular flexibility index (Phi) is 5.27. The van der Waals surface area contributed by atoms with E-state index in [1.54, 1.807) is 12.1 Å². The average Bonchev–Trinajstić information content (AvgIpc) is 3.17. The van der Waals surface area contributed by atoms with Crippen LogP contribution in [0.5, 0.6) is 0 Å². The summed E-state index contributed by atoms with van der Waals surface area (Å²) in [6.07, 6.45) is 1.83. The molecule has 0 radical (unpaired) electrons. The molecule has 30 heavy (non-hydrogen) atoms. The van der Waals surface area contributed by atoms with Crippen molar-refractivity contribution in [3.05, 3.63) is 92.6 Å². The summed E-state index contributed by atoms with van der Waals surface area (Å²) in [6.45, 7) is 4.03. The van der Waals surface area contributed by atoms with E-state index in [4.69, 9.17) is 12.2 Å². The molecule has 0 atom stereocenters. The largest absolute Gasteiger partial charge is 0.318 e. The first-order valence-electron chi connectivity index (χ1n) is 9.13. The monoisotopic (exact) mass is 435 g/mol. The van der Waals surface area contributed by atoms with Crippen molar-refractivity contribution in [2.45, 2.75) is 13.8 Å². The van der Waals surface area contributed by atoms with Crippen molar-refractivity contribution >= 4 is 51.7 Å². The number of aromatic nitrogens is 1. The molecule has 6 nitrogen and oxygen atoms in total. The summed E-state index contributed by atoms with van der Waals surface area (Å²) in [5.41, 5.74) is 4.35. The first-order chi connectivity index (χ1) is 14.4. The van der Waals surface area contributed by atoms with Gasteiger partial charge in [0, 0.05) is 29.2 Å². The number of thioether (sulfide) groups is 1. The van der Waals surface area contributed by atoms with Crippen molar-refractivity contribution < 1.29 is 9.72 Å². The number of thiocarbonyl (C=S) groups is 1. The molecule has 3 aromatic rings. The van der Waals surface area contributed by atoms with E-state index in [2.05, 4.69) is 4.57 Å². The van der Waals surface area contributed by atoms with Gasteiger partial charge in [0.2, 0.25) is 0 Å². The summed E-state index contributed by atoms with van der Waals surface area (Å²) in [4.78, 5) is 25.5. The number of aryl methyl sites for hydroxylation is 1. The molecule has 1 saturated heterocycles. The number of nitro groups is 1. The summed E-state index contributed by atoms with van der Waals surface area (Å²) in [6, 6.07) is 18.0. The maximum absolute atomic E-state index is 13.0. The summed E-state index contributed by atoms with van der Waals surface area (Å²) >= 11 is 6.59. The minimum absolute atomic E-state index is 0.0862. The molecule has 0 bridgehead atoms. The highest BCUT2D eigenvalue weighted by Gasteiger charge is 2.34. The van der Waals surface area contributed by atoms with Gasteiger partial charge >= 0.3 is 0 Å². The Morgan fingerprint density at radius 1 is 1.03 bits per heavy atom. The van der Waals surface area contributed by atoms with Gasteiger partial charge in [0.15, 0.2) is 4.32 Å². The average molecular weight is 436 g/mol. The summed E-state index contributed by atoms with van der Waals surface area (Å²) in [5, 5.41) is 11.1. The lowest BCUT2D eigenvalue weighted by Gasteiger charge is -2.13. The minimum Gasteiger partial charge on any atom is -0.318 e. The predicted molar refractivity (Wildman–Crippen MR) is 124 cm³/mol. The lowest BCUT2D eigenvalue weighted by Crippen LogP contribution is -2.27. The second kappa shape index (κ2) is 7.89. The van der Waals surface area contributed by atoms with Gasteiger partial charge in [-0.25, -0.2) is 0 Å². The number of non-ortho nitro benzene ring substituents is 1. The Balaban J connectivity index is 1.70. The first kappa shape index (κ1) is 20.1. The number of para-hydroxylation sites is 1. The zero-order valence-corrected chi connectivity index (χ0v) is 17.9. The third-order valence-electron chi connectivity index (χ3n) is 4.86. The van der Waals surface area contributed by atoms with Crippen molar-refractivity contribution in [1.82, 2.24) is 4.57 Å². The molecule has 1 fully saturated rings. The molecule has 8 heteroatoms. The predicted octanol–water partition coefficient (Wildman–Crippen LogP) is 5.41. The Morgan fingerprint density at radius 2 is 1.73 bits per heavy atom. The van der Waals surface area contributed by atoms with Crippen LogP contribution >= 0.6 is 24.0 Å². The molecule has 1 aliphatic rings. The number of carbonyl (C=O) groups is 1. The third-order valence-corrected chi connectivity index (χ3v) is 6.17. The summed E-state index contributed by atoms with van der Waals surface area (Å²) in [7, 11) is 0. The van der Waals surface area contributed by atoms with Gasteiger partial charge in [-0.3, -0.25) is 19.8 Å². The number of anilines is 1. The highest BCUT2D eigenvalue weighted by Crippen LogP contribution is 2.37. The Bertz CT molecular complexity index is 1220. The van der Waals surface area contributed by atoms with Crippen LogP contribution in [0.4, 0.5) is 11.4 Å². The standard InChI is InChI=1S/C22H17N3O3S2/c1-14-11-16(15(2)23(14)17-7-4-3-5-8-17)12-20-21(26)24(22(29)30-20)18-9-6-10-19(13-18)25(27)28/h3-13H,1-2H3. The quantitative estimate of drug-likeness (QED) is 0.237. The molecule has 2 aromatic carbocycles. The van der Waals surface area contributed by atoms with E-state index in [-0.39, 0.29) is 11.6 Å². The van der Waals surface area contributed by atoms with Gasteiger partial charge < -0.3 is 4.57 Å².